The second-order valence-corrected chi connectivity index (χ2v) is 12.9. The van der Waals surface area contributed by atoms with Crippen molar-refractivity contribution in [2.24, 2.45) is 0 Å². The van der Waals surface area contributed by atoms with Crippen LogP contribution in [0.4, 0.5) is 11.6 Å². The minimum absolute atomic E-state index is 0.0529. The number of amides is 1. The topological polar surface area (TPSA) is 95.3 Å². The maximum Gasteiger partial charge on any atom is 0.238 e. The number of nitrogens with zero attached hydrogens (tertiary/aromatic N) is 3. The van der Waals surface area contributed by atoms with Gasteiger partial charge in [-0.2, -0.15) is 0 Å². The molecule has 0 spiro atoms. The van der Waals surface area contributed by atoms with Gasteiger partial charge in [0, 0.05) is 89.6 Å². The van der Waals surface area contributed by atoms with Gasteiger partial charge in [-0.1, -0.05) is 36.4 Å². The Bertz CT molecular complexity index is 1950. The molecule has 1 amide bonds. The van der Waals surface area contributed by atoms with Gasteiger partial charge in [-0.05, 0) is 25.1 Å². The SMILES string of the molecule is CC(=O)CCN1CCN(CC(=O)Nc2ccc(-c3cccc4c(=O)cc(N5CCOCC5)oc34)c3sc4ccccc4c23)CC1. The summed E-state index contributed by atoms with van der Waals surface area (Å²) in [7, 11) is 0. The first kappa shape index (κ1) is 29.6. The van der Waals surface area contributed by atoms with Gasteiger partial charge in [0.25, 0.3) is 0 Å². The number of carbonyl (C=O) groups excluding carboxylic acids is 2. The van der Waals surface area contributed by atoms with Crippen LogP contribution in [-0.4, -0.2) is 87.1 Å². The molecule has 0 atom stereocenters. The Morgan fingerprint density at radius 1 is 0.867 bits per heavy atom. The van der Waals surface area contributed by atoms with Crippen molar-refractivity contribution in [1.82, 2.24) is 9.80 Å². The molecular formula is C35H36N4O5S. The van der Waals surface area contributed by atoms with Gasteiger partial charge in [-0.25, -0.2) is 0 Å². The number of fused-ring (bicyclic) bond motifs is 4. The zero-order valence-corrected chi connectivity index (χ0v) is 26.2. The predicted octanol–water partition coefficient (Wildman–Crippen LogP) is 5.20. The number of morpholine rings is 1. The molecule has 2 aliphatic rings. The summed E-state index contributed by atoms with van der Waals surface area (Å²) in [6.07, 6.45) is 0.570. The lowest BCUT2D eigenvalue weighted by atomic mass is 9.99. The van der Waals surface area contributed by atoms with Crippen molar-refractivity contribution in [3.63, 3.8) is 0 Å². The van der Waals surface area contributed by atoms with Crippen LogP contribution < -0.4 is 15.6 Å². The molecule has 0 bridgehead atoms. The van der Waals surface area contributed by atoms with Gasteiger partial charge in [0.1, 0.15) is 11.4 Å². The molecule has 0 saturated carbocycles. The number of anilines is 2. The van der Waals surface area contributed by atoms with E-state index in [1.807, 2.05) is 42.5 Å². The molecule has 7 rings (SSSR count). The van der Waals surface area contributed by atoms with Crippen LogP contribution in [0.5, 0.6) is 0 Å². The minimum atomic E-state index is -0.0734. The Kier molecular flexibility index (Phi) is 8.37. The number of para-hydroxylation sites is 1. The first-order valence-electron chi connectivity index (χ1n) is 15.5. The highest BCUT2D eigenvalue weighted by Crippen LogP contribution is 2.45. The number of nitrogens with one attached hydrogen (secondary N) is 1. The van der Waals surface area contributed by atoms with Crippen molar-refractivity contribution in [3.05, 3.63) is 70.9 Å². The Labute approximate surface area is 265 Å². The van der Waals surface area contributed by atoms with Crippen molar-refractivity contribution >= 4 is 65.7 Å². The Morgan fingerprint density at radius 2 is 1.62 bits per heavy atom. The molecule has 3 aromatic carbocycles. The Balaban J connectivity index is 1.22. The van der Waals surface area contributed by atoms with Crippen LogP contribution in [-0.2, 0) is 14.3 Å². The molecule has 10 heteroatoms. The molecule has 2 aromatic heterocycles. The molecule has 9 nitrogen and oxygen atoms in total. The van der Waals surface area contributed by atoms with E-state index in [0.29, 0.717) is 56.1 Å². The van der Waals surface area contributed by atoms with Crippen molar-refractivity contribution in [2.75, 3.05) is 75.8 Å². The molecule has 232 valence electrons. The third-order valence-electron chi connectivity index (χ3n) is 8.77. The number of benzene rings is 3. The summed E-state index contributed by atoms with van der Waals surface area (Å²) in [6.45, 7) is 8.52. The molecule has 0 unspecified atom stereocenters. The highest BCUT2D eigenvalue weighted by molar-refractivity contribution is 7.26. The highest BCUT2D eigenvalue weighted by atomic mass is 32.1. The number of ether oxygens (including phenoxy) is 1. The fourth-order valence-corrected chi connectivity index (χ4v) is 7.60. The van der Waals surface area contributed by atoms with E-state index >= 15 is 0 Å². The lowest BCUT2D eigenvalue weighted by Gasteiger charge is -2.34. The molecule has 45 heavy (non-hydrogen) atoms. The van der Waals surface area contributed by atoms with E-state index in [9.17, 15) is 14.4 Å². The van der Waals surface area contributed by atoms with Gasteiger partial charge in [-0.3, -0.25) is 19.3 Å². The van der Waals surface area contributed by atoms with E-state index in [0.717, 1.165) is 69.7 Å². The van der Waals surface area contributed by atoms with E-state index < -0.39 is 0 Å². The minimum Gasteiger partial charge on any atom is -0.440 e. The molecule has 2 saturated heterocycles. The van der Waals surface area contributed by atoms with Crippen LogP contribution in [0.15, 0.2) is 69.9 Å². The lowest BCUT2D eigenvalue weighted by Crippen LogP contribution is -2.48. The monoisotopic (exact) mass is 624 g/mol. The molecule has 4 heterocycles. The normalized spacial score (nSPS) is 16.5. The standard InChI is InChI=1S/C35H36N4O5S/c1-23(40)11-12-37-13-15-38(16-14-37)22-31(42)36-28-10-9-25(35-33(28)27-5-2-3-8-30(27)45-35)24-6-4-7-26-29(41)21-32(44-34(24)26)39-17-19-43-20-18-39/h2-10,21H,11-20,22H2,1H3,(H,36,42). The molecule has 2 fully saturated rings. The predicted molar refractivity (Wildman–Crippen MR) is 181 cm³/mol. The van der Waals surface area contributed by atoms with Crippen molar-refractivity contribution in [2.45, 2.75) is 13.3 Å². The van der Waals surface area contributed by atoms with E-state index in [1.54, 1.807) is 24.3 Å². The number of hydrogen-bond donors (Lipinski definition) is 1. The van der Waals surface area contributed by atoms with Crippen molar-refractivity contribution < 1.29 is 18.7 Å². The third-order valence-corrected chi connectivity index (χ3v) is 9.97. The first-order valence-corrected chi connectivity index (χ1v) is 16.3. The van der Waals surface area contributed by atoms with Crippen LogP contribution in [0, 0.1) is 0 Å². The number of thiophene rings is 1. The van der Waals surface area contributed by atoms with Gasteiger partial charge in [0.2, 0.25) is 5.91 Å². The average molecular weight is 625 g/mol. The average Bonchev–Trinajstić information content (AvgIpc) is 3.45. The number of piperazine rings is 1. The van der Waals surface area contributed by atoms with Gasteiger partial charge in [0.05, 0.1) is 30.8 Å². The summed E-state index contributed by atoms with van der Waals surface area (Å²) < 4.78 is 14.1. The van der Waals surface area contributed by atoms with Gasteiger partial charge < -0.3 is 24.3 Å². The van der Waals surface area contributed by atoms with Crippen LogP contribution >= 0.6 is 11.3 Å². The molecule has 5 aromatic rings. The van der Waals surface area contributed by atoms with Crippen molar-refractivity contribution in [3.8, 4) is 11.1 Å². The number of rotatable bonds is 8. The maximum absolute atomic E-state index is 13.4. The molecule has 2 aliphatic heterocycles. The number of ketones is 1. The maximum atomic E-state index is 13.4. The molecular weight excluding hydrogens is 588 g/mol. The highest BCUT2D eigenvalue weighted by Gasteiger charge is 2.23. The van der Waals surface area contributed by atoms with Crippen LogP contribution in [0.2, 0.25) is 0 Å². The Morgan fingerprint density at radius 3 is 2.42 bits per heavy atom. The van der Waals surface area contributed by atoms with Crippen molar-refractivity contribution in [1.29, 1.82) is 0 Å². The summed E-state index contributed by atoms with van der Waals surface area (Å²) in [4.78, 5) is 44.5. The zero-order chi connectivity index (χ0) is 30.9. The van der Waals surface area contributed by atoms with E-state index in [1.165, 1.54) is 0 Å². The van der Waals surface area contributed by atoms with E-state index in [2.05, 4.69) is 32.1 Å². The third kappa shape index (κ3) is 6.11. The van der Waals surface area contributed by atoms with Gasteiger partial charge in [-0.15, -0.1) is 11.3 Å². The summed E-state index contributed by atoms with van der Waals surface area (Å²) in [5.41, 5.74) is 3.06. The van der Waals surface area contributed by atoms with E-state index in [-0.39, 0.29) is 17.1 Å². The molecule has 0 aliphatic carbocycles. The second kappa shape index (κ2) is 12.7. The van der Waals surface area contributed by atoms with Crippen LogP contribution in [0.1, 0.15) is 13.3 Å². The number of Topliss-reactive ketones (excluding diaryl/α,β-unsaturated/α-hetero) is 1. The Hall–Kier alpha value is -4.09. The van der Waals surface area contributed by atoms with Gasteiger partial charge in [0.15, 0.2) is 11.3 Å². The molecule has 1 N–H and O–H groups in total. The quantitative estimate of drug-likeness (QED) is 0.252. The summed E-state index contributed by atoms with van der Waals surface area (Å²) in [6, 6.07) is 19.5. The smallest absolute Gasteiger partial charge is 0.238 e. The summed E-state index contributed by atoms with van der Waals surface area (Å²) in [5, 5.41) is 5.81. The summed E-state index contributed by atoms with van der Waals surface area (Å²) >= 11 is 1.67. The fraction of sp³-hybridized carbons (Fsp3) is 0.343. The number of carbonyl (C=O) groups is 2. The van der Waals surface area contributed by atoms with E-state index in [4.69, 9.17) is 9.15 Å². The van der Waals surface area contributed by atoms with Crippen LogP contribution in [0.3, 0.4) is 0 Å². The van der Waals surface area contributed by atoms with Crippen LogP contribution in [0.25, 0.3) is 42.3 Å². The largest absolute Gasteiger partial charge is 0.440 e. The van der Waals surface area contributed by atoms with Gasteiger partial charge >= 0.3 is 0 Å². The lowest BCUT2D eigenvalue weighted by molar-refractivity contribution is -0.117. The first-order chi connectivity index (χ1) is 21.9. The number of hydrogen-bond acceptors (Lipinski definition) is 9. The summed E-state index contributed by atoms with van der Waals surface area (Å²) in [5.74, 6) is 0.708. The second-order valence-electron chi connectivity index (χ2n) is 11.8. The zero-order valence-electron chi connectivity index (χ0n) is 25.3. The fourth-order valence-electron chi connectivity index (χ4n) is 6.34. The molecule has 0 radical (unpaired) electrons.